The molecule has 1 aliphatic rings. The van der Waals surface area contributed by atoms with E-state index in [9.17, 15) is 4.79 Å². The normalized spacial score (nSPS) is 16.4. The zero-order valence-corrected chi connectivity index (χ0v) is 10.3. The second-order valence-electron chi connectivity index (χ2n) is 4.08. The van der Waals surface area contributed by atoms with Gasteiger partial charge in [0.15, 0.2) is 0 Å². The van der Waals surface area contributed by atoms with E-state index in [-0.39, 0.29) is 5.91 Å². The monoisotopic (exact) mass is 257 g/mol. The first-order chi connectivity index (χ1) is 7.66. The van der Waals surface area contributed by atoms with E-state index in [4.69, 9.17) is 23.2 Å². The summed E-state index contributed by atoms with van der Waals surface area (Å²) in [6.45, 7) is 0. The Hall–Kier alpha value is -0.730. The van der Waals surface area contributed by atoms with Crippen molar-refractivity contribution in [1.82, 2.24) is 5.32 Å². The summed E-state index contributed by atoms with van der Waals surface area (Å²) in [6.07, 6.45) is 4.50. The molecule has 1 aliphatic carbocycles. The van der Waals surface area contributed by atoms with Crippen LogP contribution in [0.2, 0.25) is 10.0 Å². The molecule has 86 valence electrons. The lowest BCUT2D eigenvalue weighted by atomic mass is 10.2. The fourth-order valence-corrected chi connectivity index (χ4v) is 2.38. The molecule has 0 spiro atoms. The van der Waals surface area contributed by atoms with Crippen LogP contribution in [0.4, 0.5) is 0 Å². The first kappa shape index (κ1) is 11.7. The molecular weight excluding hydrogens is 245 g/mol. The number of carbonyl (C=O) groups is 1. The van der Waals surface area contributed by atoms with E-state index in [1.807, 2.05) is 0 Å². The largest absolute Gasteiger partial charge is 0.349 e. The number of hydrogen-bond donors (Lipinski definition) is 1. The minimum atomic E-state index is -0.126. The molecule has 4 heteroatoms. The molecule has 0 aromatic heterocycles. The summed E-state index contributed by atoms with van der Waals surface area (Å²) in [5, 5.41) is 3.95. The van der Waals surface area contributed by atoms with Crippen molar-refractivity contribution in [2.75, 3.05) is 0 Å². The van der Waals surface area contributed by atoms with Crippen LogP contribution in [-0.4, -0.2) is 11.9 Å². The lowest BCUT2D eigenvalue weighted by molar-refractivity contribution is 0.0938. The van der Waals surface area contributed by atoms with Gasteiger partial charge in [-0.1, -0.05) is 36.0 Å². The zero-order valence-electron chi connectivity index (χ0n) is 8.80. The van der Waals surface area contributed by atoms with Gasteiger partial charge in [-0.25, -0.2) is 0 Å². The Morgan fingerprint density at radius 1 is 1.25 bits per heavy atom. The molecule has 0 bridgehead atoms. The van der Waals surface area contributed by atoms with E-state index in [1.54, 1.807) is 18.2 Å². The molecule has 0 heterocycles. The van der Waals surface area contributed by atoms with Gasteiger partial charge < -0.3 is 5.32 Å². The number of halogens is 2. The molecule has 0 unspecified atom stereocenters. The highest BCUT2D eigenvalue weighted by atomic mass is 35.5. The van der Waals surface area contributed by atoms with E-state index in [2.05, 4.69) is 5.32 Å². The highest BCUT2D eigenvalue weighted by Gasteiger charge is 2.19. The van der Waals surface area contributed by atoms with Crippen LogP contribution in [0, 0.1) is 0 Å². The van der Waals surface area contributed by atoms with Crippen LogP contribution in [0.25, 0.3) is 0 Å². The average molecular weight is 258 g/mol. The molecule has 0 saturated heterocycles. The predicted octanol–water partition coefficient (Wildman–Crippen LogP) is 3.67. The summed E-state index contributed by atoms with van der Waals surface area (Å²) in [7, 11) is 0. The van der Waals surface area contributed by atoms with Gasteiger partial charge in [0.05, 0.1) is 10.6 Å². The van der Waals surface area contributed by atoms with E-state index in [0.29, 0.717) is 21.7 Å². The van der Waals surface area contributed by atoms with Gasteiger partial charge in [0.1, 0.15) is 0 Å². The molecule has 1 amide bonds. The van der Waals surface area contributed by atoms with E-state index in [1.165, 1.54) is 12.8 Å². The van der Waals surface area contributed by atoms with Gasteiger partial charge in [-0.15, -0.1) is 0 Å². The molecule has 0 atom stereocenters. The minimum absolute atomic E-state index is 0.126. The Morgan fingerprint density at radius 2 is 1.94 bits per heavy atom. The fourth-order valence-electron chi connectivity index (χ4n) is 2.00. The average Bonchev–Trinajstić information content (AvgIpc) is 2.74. The zero-order chi connectivity index (χ0) is 11.5. The summed E-state index contributed by atoms with van der Waals surface area (Å²) in [6, 6.07) is 5.22. The van der Waals surface area contributed by atoms with Crippen molar-refractivity contribution in [3.63, 3.8) is 0 Å². The third-order valence-electron chi connectivity index (χ3n) is 2.86. The summed E-state index contributed by atoms with van der Waals surface area (Å²) in [4.78, 5) is 11.9. The lowest BCUT2D eigenvalue weighted by Crippen LogP contribution is -2.32. The number of carbonyl (C=O) groups excluding carboxylic acids is 1. The predicted molar refractivity (Wildman–Crippen MR) is 66.2 cm³/mol. The maximum absolute atomic E-state index is 11.9. The van der Waals surface area contributed by atoms with Gasteiger partial charge in [0, 0.05) is 11.1 Å². The first-order valence-corrected chi connectivity index (χ1v) is 6.18. The van der Waals surface area contributed by atoms with Crippen molar-refractivity contribution in [2.24, 2.45) is 0 Å². The van der Waals surface area contributed by atoms with Gasteiger partial charge in [0.2, 0.25) is 0 Å². The van der Waals surface area contributed by atoms with Crippen molar-refractivity contribution in [2.45, 2.75) is 31.7 Å². The Kier molecular flexibility index (Phi) is 3.72. The SMILES string of the molecule is O=C(NC1CCCC1)c1cc(Cl)ccc1Cl. The molecule has 2 nitrogen and oxygen atoms in total. The molecule has 1 fully saturated rings. The Balaban J connectivity index is 2.10. The molecule has 0 aliphatic heterocycles. The molecule has 16 heavy (non-hydrogen) atoms. The molecule has 0 radical (unpaired) electrons. The van der Waals surface area contributed by atoms with Gasteiger partial charge >= 0.3 is 0 Å². The third kappa shape index (κ3) is 2.69. The Morgan fingerprint density at radius 3 is 2.62 bits per heavy atom. The smallest absolute Gasteiger partial charge is 0.253 e. The standard InChI is InChI=1S/C12H13Cl2NO/c13-8-5-6-11(14)10(7-8)12(16)15-9-3-1-2-4-9/h5-7,9H,1-4H2,(H,15,16). The van der Waals surface area contributed by atoms with Gasteiger partial charge in [-0.05, 0) is 31.0 Å². The summed E-state index contributed by atoms with van der Waals surface area (Å²) in [5.74, 6) is -0.126. The van der Waals surface area contributed by atoms with E-state index >= 15 is 0 Å². The highest BCUT2D eigenvalue weighted by molar-refractivity contribution is 6.35. The summed E-state index contributed by atoms with van der Waals surface area (Å²) in [5.41, 5.74) is 0.459. The van der Waals surface area contributed by atoms with Crippen LogP contribution in [0.3, 0.4) is 0 Å². The van der Waals surface area contributed by atoms with Crippen LogP contribution in [0.15, 0.2) is 18.2 Å². The topological polar surface area (TPSA) is 29.1 Å². The van der Waals surface area contributed by atoms with E-state index < -0.39 is 0 Å². The molecule has 1 aromatic rings. The van der Waals surface area contributed by atoms with Gasteiger partial charge in [-0.2, -0.15) is 0 Å². The van der Waals surface area contributed by atoms with Crippen molar-refractivity contribution in [3.05, 3.63) is 33.8 Å². The van der Waals surface area contributed by atoms with Crippen molar-refractivity contribution in [3.8, 4) is 0 Å². The van der Waals surface area contributed by atoms with Crippen LogP contribution in [-0.2, 0) is 0 Å². The fraction of sp³-hybridized carbons (Fsp3) is 0.417. The molecule has 2 rings (SSSR count). The maximum Gasteiger partial charge on any atom is 0.253 e. The Bertz CT molecular complexity index is 400. The maximum atomic E-state index is 11.9. The van der Waals surface area contributed by atoms with Crippen LogP contribution < -0.4 is 5.32 Å². The van der Waals surface area contributed by atoms with Gasteiger partial charge in [-0.3, -0.25) is 4.79 Å². The third-order valence-corrected chi connectivity index (χ3v) is 3.43. The van der Waals surface area contributed by atoms with Crippen LogP contribution >= 0.6 is 23.2 Å². The minimum Gasteiger partial charge on any atom is -0.349 e. The van der Waals surface area contributed by atoms with Gasteiger partial charge in [0.25, 0.3) is 5.91 Å². The molecule has 1 N–H and O–H groups in total. The van der Waals surface area contributed by atoms with Crippen molar-refractivity contribution < 1.29 is 4.79 Å². The number of benzene rings is 1. The Labute approximate surface area is 105 Å². The van der Waals surface area contributed by atoms with E-state index in [0.717, 1.165) is 12.8 Å². The number of nitrogens with one attached hydrogen (secondary N) is 1. The molecular formula is C12H13Cl2NO. The quantitative estimate of drug-likeness (QED) is 0.861. The number of amides is 1. The number of hydrogen-bond acceptors (Lipinski definition) is 1. The van der Waals surface area contributed by atoms with Crippen LogP contribution in [0.5, 0.6) is 0 Å². The highest BCUT2D eigenvalue weighted by Crippen LogP contribution is 2.22. The molecule has 1 aromatic carbocycles. The molecule has 1 saturated carbocycles. The van der Waals surface area contributed by atoms with Crippen LogP contribution in [0.1, 0.15) is 36.0 Å². The number of rotatable bonds is 2. The summed E-state index contributed by atoms with van der Waals surface area (Å²) >= 11 is 11.8. The van der Waals surface area contributed by atoms with Crippen molar-refractivity contribution in [1.29, 1.82) is 0 Å². The first-order valence-electron chi connectivity index (χ1n) is 5.43. The van der Waals surface area contributed by atoms with Crippen molar-refractivity contribution >= 4 is 29.1 Å². The second kappa shape index (κ2) is 5.07. The lowest BCUT2D eigenvalue weighted by Gasteiger charge is -2.12. The second-order valence-corrected chi connectivity index (χ2v) is 4.92. The summed E-state index contributed by atoms with van der Waals surface area (Å²) < 4.78 is 0.